The van der Waals surface area contributed by atoms with Crippen LogP contribution >= 0.6 is 0 Å². The smallest absolute Gasteiger partial charge is 0.491 e. The minimum Gasteiger partial charge on any atom is -0.491 e. The van der Waals surface area contributed by atoms with E-state index in [0.717, 1.165) is 29.8 Å². The predicted molar refractivity (Wildman–Crippen MR) is 158 cm³/mol. The number of halogens is 3. The van der Waals surface area contributed by atoms with Crippen molar-refractivity contribution in [2.45, 2.75) is 50.6 Å². The third-order valence-corrected chi connectivity index (χ3v) is 7.03. The van der Waals surface area contributed by atoms with Gasteiger partial charge in [-0.15, -0.1) is 0 Å². The number of hydrogen-bond acceptors (Lipinski definition) is 9. The third kappa shape index (κ3) is 9.16. The fourth-order valence-electron chi connectivity index (χ4n) is 4.65. The molecule has 2 aromatic carbocycles. The summed E-state index contributed by atoms with van der Waals surface area (Å²) in [4.78, 5) is 40.3. The van der Waals surface area contributed by atoms with Crippen molar-refractivity contribution >= 4 is 36.0 Å². The predicted octanol–water partition coefficient (Wildman–Crippen LogP) is 0.0140. The van der Waals surface area contributed by atoms with E-state index in [4.69, 9.17) is 26.6 Å². The minimum absolute atomic E-state index is 0.0277. The zero-order valence-corrected chi connectivity index (χ0v) is 24.5. The molecule has 2 aromatic rings. The van der Waals surface area contributed by atoms with E-state index in [1.165, 1.54) is 11.0 Å². The Morgan fingerprint density at radius 2 is 1.70 bits per heavy atom. The van der Waals surface area contributed by atoms with Crippen LogP contribution in [-0.4, -0.2) is 79.6 Å². The molecule has 1 heterocycles. The topological polar surface area (TPSA) is 195 Å². The lowest BCUT2D eigenvalue weighted by Gasteiger charge is -2.23. The van der Waals surface area contributed by atoms with Gasteiger partial charge in [0.2, 0.25) is 11.8 Å². The monoisotopic (exact) mass is 622 g/mol. The summed E-state index contributed by atoms with van der Waals surface area (Å²) >= 11 is 0. The van der Waals surface area contributed by atoms with Crippen LogP contribution in [0.15, 0.2) is 42.5 Å². The van der Waals surface area contributed by atoms with Crippen LogP contribution in [0.1, 0.15) is 37.8 Å². The lowest BCUT2D eigenvalue weighted by Crippen LogP contribution is -2.52. The minimum atomic E-state index is -4.54. The van der Waals surface area contributed by atoms with Crippen molar-refractivity contribution in [1.29, 1.82) is 0 Å². The first kappa shape index (κ1) is 34.8. The third-order valence-electron chi connectivity index (χ3n) is 7.03. The van der Waals surface area contributed by atoms with E-state index in [1.807, 2.05) is 0 Å². The van der Waals surface area contributed by atoms with Gasteiger partial charge in [-0.05, 0) is 67.7 Å². The highest BCUT2D eigenvalue weighted by Gasteiger charge is 2.40. The largest absolute Gasteiger partial charge is 0.492 e. The van der Waals surface area contributed by atoms with Gasteiger partial charge in [0.1, 0.15) is 18.4 Å². The van der Waals surface area contributed by atoms with E-state index in [0.29, 0.717) is 18.6 Å². The van der Waals surface area contributed by atoms with Crippen molar-refractivity contribution in [3.63, 3.8) is 0 Å². The molecule has 44 heavy (non-hydrogen) atoms. The average molecular weight is 622 g/mol. The summed E-state index contributed by atoms with van der Waals surface area (Å²) in [6.07, 6.45) is -4.64. The van der Waals surface area contributed by atoms with Crippen LogP contribution in [0.25, 0.3) is 0 Å². The van der Waals surface area contributed by atoms with E-state index in [-0.39, 0.29) is 43.3 Å². The van der Waals surface area contributed by atoms with Crippen molar-refractivity contribution in [3.8, 4) is 5.75 Å². The summed E-state index contributed by atoms with van der Waals surface area (Å²) in [7, 11) is -1.21. The number of alkyl halides is 3. The number of benzene rings is 2. The first-order chi connectivity index (χ1) is 20.7. The summed E-state index contributed by atoms with van der Waals surface area (Å²) in [5.41, 5.74) is 17.0. The Hall–Kier alpha value is -3.70. The van der Waals surface area contributed by atoms with Crippen LogP contribution in [0.2, 0.25) is 0 Å². The summed E-state index contributed by atoms with van der Waals surface area (Å²) in [6, 6.07) is 6.15. The Balaban J connectivity index is 1.72. The van der Waals surface area contributed by atoms with Gasteiger partial charge in [-0.25, -0.2) is 0 Å². The Morgan fingerprint density at radius 1 is 1.07 bits per heavy atom. The van der Waals surface area contributed by atoms with Crippen molar-refractivity contribution < 1.29 is 42.0 Å². The molecule has 0 saturated heterocycles. The number of nitrogens with zero attached hydrogens (tertiary/aromatic N) is 1. The number of anilines is 1. The van der Waals surface area contributed by atoms with Crippen LogP contribution in [0.3, 0.4) is 0 Å². The van der Waals surface area contributed by atoms with Crippen LogP contribution in [0, 0.1) is 0 Å². The maximum Gasteiger partial charge on any atom is 0.492 e. The van der Waals surface area contributed by atoms with Crippen molar-refractivity contribution in [3.05, 3.63) is 53.6 Å². The van der Waals surface area contributed by atoms with Crippen molar-refractivity contribution in [2.24, 2.45) is 17.2 Å². The SMILES string of the molecule is CC1(C)OB(O)c2cc(NC(=O)C(COc3ccc(C(F)(F)F)cc3)NC(=O)C(N)CCC(=O)N(CCN)CCN)ccc21. The van der Waals surface area contributed by atoms with Gasteiger partial charge in [0, 0.05) is 38.3 Å². The molecule has 240 valence electrons. The number of amides is 3. The van der Waals surface area contributed by atoms with Crippen LogP contribution in [0.4, 0.5) is 18.9 Å². The molecule has 0 saturated carbocycles. The van der Waals surface area contributed by atoms with Gasteiger partial charge < -0.3 is 47.1 Å². The molecular formula is C28H38BF3N6O6. The quantitative estimate of drug-likeness (QED) is 0.157. The number of rotatable bonds is 14. The second-order valence-corrected chi connectivity index (χ2v) is 10.8. The molecule has 1 aliphatic rings. The van der Waals surface area contributed by atoms with Gasteiger partial charge in [-0.1, -0.05) is 6.07 Å². The zero-order valence-electron chi connectivity index (χ0n) is 24.5. The van der Waals surface area contributed by atoms with E-state index in [1.54, 1.807) is 26.0 Å². The second-order valence-electron chi connectivity index (χ2n) is 10.8. The van der Waals surface area contributed by atoms with Crippen LogP contribution in [-0.2, 0) is 30.8 Å². The first-order valence-corrected chi connectivity index (χ1v) is 14.0. The maximum atomic E-state index is 13.3. The Bertz CT molecular complexity index is 1310. The molecule has 3 amide bonds. The summed E-state index contributed by atoms with van der Waals surface area (Å²) in [5, 5.41) is 15.4. The van der Waals surface area contributed by atoms with Gasteiger partial charge in [0.05, 0.1) is 17.2 Å². The Kier molecular flexibility index (Phi) is 11.7. The van der Waals surface area contributed by atoms with Gasteiger partial charge in [0.15, 0.2) is 0 Å². The first-order valence-electron chi connectivity index (χ1n) is 14.0. The van der Waals surface area contributed by atoms with E-state index in [9.17, 15) is 32.6 Å². The molecule has 12 nitrogen and oxygen atoms in total. The number of carbonyl (C=O) groups excluding carboxylic acids is 3. The summed E-state index contributed by atoms with van der Waals surface area (Å²) < 4.78 is 49.9. The molecule has 0 fully saturated rings. The van der Waals surface area contributed by atoms with Crippen LogP contribution in [0.5, 0.6) is 5.75 Å². The van der Waals surface area contributed by atoms with E-state index >= 15 is 0 Å². The highest BCUT2D eigenvalue weighted by Crippen LogP contribution is 2.31. The molecule has 3 rings (SSSR count). The maximum absolute atomic E-state index is 13.3. The van der Waals surface area contributed by atoms with Gasteiger partial charge >= 0.3 is 13.3 Å². The normalized spacial score (nSPS) is 15.2. The fourth-order valence-corrected chi connectivity index (χ4v) is 4.65. The molecular weight excluding hydrogens is 584 g/mol. The lowest BCUT2D eigenvalue weighted by atomic mass is 9.78. The molecule has 0 radical (unpaired) electrons. The number of hydrogen-bond donors (Lipinski definition) is 6. The van der Waals surface area contributed by atoms with Gasteiger partial charge in [-0.3, -0.25) is 14.4 Å². The van der Waals surface area contributed by atoms with Gasteiger partial charge in [-0.2, -0.15) is 13.2 Å². The lowest BCUT2D eigenvalue weighted by molar-refractivity contribution is -0.137. The zero-order chi connectivity index (χ0) is 32.7. The second kappa shape index (κ2) is 14.9. The summed E-state index contributed by atoms with van der Waals surface area (Å²) in [6.45, 7) is 4.18. The molecule has 0 aliphatic carbocycles. The number of nitrogens with one attached hydrogen (secondary N) is 2. The molecule has 9 N–H and O–H groups in total. The Morgan fingerprint density at radius 3 is 2.30 bits per heavy atom. The van der Waals surface area contributed by atoms with E-state index in [2.05, 4.69) is 10.6 Å². The Labute approximate surface area is 253 Å². The van der Waals surface area contributed by atoms with E-state index < -0.39 is 55.0 Å². The molecule has 0 aromatic heterocycles. The molecule has 1 aliphatic heterocycles. The van der Waals surface area contributed by atoms with Crippen LogP contribution < -0.4 is 38.0 Å². The van der Waals surface area contributed by atoms with Gasteiger partial charge in [0.25, 0.3) is 5.91 Å². The number of fused-ring (bicyclic) bond motifs is 1. The number of nitrogens with two attached hydrogens (primary N) is 3. The highest BCUT2D eigenvalue weighted by atomic mass is 19.4. The fraction of sp³-hybridized carbons (Fsp3) is 0.464. The molecule has 16 heteroatoms. The van der Waals surface area contributed by atoms with Crippen molar-refractivity contribution in [2.75, 3.05) is 38.1 Å². The summed E-state index contributed by atoms with van der Waals surface area (Å²) in [5.74, 6) is -1.73. The molecule has 2 atom stereocenters. The number of ether oxygens (including phenoxy) is 1. The average Bonchev–Trinajstić information content (AvgIpc) is 3.20. The molecule has 0 bridgehead atoms. The molecule has 2 unspecified atom stereocenters. The standard InChI is InChI=1S/C28H38BF3N6O6/c1-27(2)20-8-5-18(15-21(20)29(42)44-27)36-26(41)23(16-43-19-6-3-17(4-7-19)28(30,31)32)37-25(40)22(35)9-10-24(39)38(13-11-33)14-12-34/h3-8,15,22-23,42H,9-14,16,33-35H2,1-2H3,(H,36,41)(H,37,40). The highest BCUT2D eigenvalue weighted by molar-refractivity contribution is 6.62. The number of carbonyl (C=O) groups is 3. The van der Waals surface area contributed by atoms with Crippen molar-refractivity contribution in [1.82, 2.24) is 10.2 Å². The molecule has 0 spiro atoms.